The zero-order valence-electron chi connectivity index (χ0n) is 15.8. The molecule has 3 rings (SSSR count). The molecule has 0 aliphatic heterocycles. The Morgan fingerprint density at radius 1 is 1.13 bits per heavy atom. The van der Waals surface area contributed by atoms with Gasteiger partial charge in [-0.2, -0.15) is 0 Å². The van der Waals surface area contributed by atoms with E-state index in [9.17, 15) is 23.3 Å². The number of hydrogen-bond donors (Lipinski definition) is 3. The second-order valence-corrected chi connectivity index (χ2v) is 7.90. The molecule has 0 radical (unpaired) electrons. The molecule has 3 N–H and O–H groups in total. The van der Waals surface area contributed by atoms with Crippen molar-refractivity contribution in [2.75, 3.05) is 11.9 Å². The Kier molecular flexibility index (Phi) is 6.11. The number of amides is 2. The van der Waals surface area contributed by atoms with Crippen LogP contribution < -0.4 is 15.4 Å². The summed E-state index contributed by atoms with van der Waals surface area (Å²) < 4.78 is 31.1. The molecule has 2 amide bonds. The zero-order chi connectivity index (χ0) is 21.7. The molecule has 0 aliphatic carbocycles. The molecule has 0 atom stereocenters. The fourth-order valence-electron chi connectivity index (χ4n) is 2.57. The molecule has 0 aliphatic rings. The van der Waals surface area contributed by atoms with Crippen molar-refractivity contribution in [1.29, 1.82) is 0 Å². The van der Waals surface area contributed by atoms with Gasteiger partial charge in [0.15, 0.2) is 5.52 Å². The van der Waals surface area contributed by atoms with E-state index >= 15 is 0 Å². The minimum atomic E-state index is -4.03. The Labute approximate surface area is 170 Å². The standard InChI is InChI=1S/C17H18N6O6S/c1-2-3-10-18-17(24)22-30(27,28)12-6-4-11(5-7-12)19-13-8-9-14(23(25)26)16-15(13)20-29-21-16/h4-9,19H,2-3,10H2,1H3,(H2,18,22,24). The number of nitro groups is 1. The van der Waals surface area contributed by atoms with E-state index in [2.05, 4.69) is 25.6 Å². The number of carbonyl (C=O) groups excluding carboxylic acids is 1. The highest BCUT2D eigenvalue weighted by molar-refractivity contribution is 7.90. The third-order valence-corrected chi connectivity index (χ3v) is 5.42. The number of aromatic nitrogens is 2. The average Bonchev–Trinajstić information content (AvgIpc) is 3.18. The van der Waals surface area contributed by atoms with E-state index in [0.717, 1.165) is 12.8 Å². The van der Waals surface area contributed by atoms with Gasteiger partial charge in [-0.15, -0.1) is 0 Å². The fraction of sp³-hybridized carbons (Fsp3) is 0.235. The first-order chi connectivity index (χ1) is 14.3. The Balaban J connectivity index is 1.74. The molecule has 3 aromatic rings. The van der Waals surface area contributed by atoms with Gasteiger partial charge in [0.25, 0.3) is 10.0 Å². The second kappa shape index (κ2) is 8.73. The predicted octanol–water partition coefficient (Wildman–Crippen LogP) is 2.66. The van der Waals surface area contributed by atoms with Gasteiger partial charge in [-0.25, -0.2) is 22.6 Å². The SMILES string of the molecule is CCCCNC(=O)NS(=O)(=O)c1ccc(Nc2ccc([N+](=O)[O-])c3nonc23)cc1. The van der Waals surface area contributed by atoms with E-state index < -0.39 is 21.0 Å². The van der Waals surface area contributed by atoms with Crippen LogP contribution in [0.5, 0.6) is 0 Å². The molecule has 0 spiro atoms. The number of anilines is 2. The highest BCUT2D eigenvalue weighted by Gasteiger charge is 2.20. The van der Waals surface area contributed by atoms with Gasteiger partial charge in [0, 0.05) is 18.3 Å². The largest absolute Gasteiger partial charge is 0.354 e. The van der Waals surface area contributed by atoms with E-state index in [1.165, 1.54) is 36.4 Å². The summed E-state index contributed by atoms with van der Waals surface area (Å²) in [5.41, 5.74) is 0.774. The monoisotopic (exact) mass is 434 g/mol. The minimum absolute atomic E-state index is 0.0116. The van der Waals surface area contributed by atoms with Crippen LogP contribution in [-0.2, 0) is 10.0 Å². The van der Waals surface area contributed by atoms with Crippen LogP contribution in [-0.4, -0.2) is 36.2 Å². The first kappa shape index (κ1) is 21.0. The summed E-state index contributed by atoms with van der Waals surface area (Å²) >= 11 is 0. The summed E-state index contributed by atoms with van der Waals surface area (Å²) in [4.78, 5) is 22.1. The maximum atomic E-state index is 12.3. The lowest BCUT2D eigenvalue weighted by Gasteiger charge is -2.10. The molecule has 2 aromatic carbocycles. The molecule has 158 valence electrons. The van der Waals surface area contributed by atoms with E-state index in [4.69, 9.17) is 0 Å². The third kappa shape index (κ3) is 4.63. The topological polar surface area (TPSA) is 169 Å². The number of nitrogens with zero attached hydrogens (tertiary/aromatic N) is 3. The van der Waals surface area contributed by atoms with Gasteiger partial charge in [0.05, 0.1) is 15.5 Å². The smallest absolute Gasteiger partial charge is 0.328 e. The van der Waals surface area contributed by atoms with E-state index in [1.807, 2.05) is 11.6 Å². The van der Waals surface area contributed by atoms with E-state index in [0.29, 0.717) is 17.9 Å². The van der Waals surface area contributed by atoms with Crippen molar-refractivity contribution >= 4 is 44.1 Å². The first-order valence-corrected chi connectivity index (χ1v) is 10.4. The van der Waals surface area contributed by atoms with E-state index in [1.54, 1.807) is 0 Å². The van der Waals surface area contributed by atoms with Crippen molar-refractivity contribution in [2.45, 2.75) is 24.7 Å². The Morgan fingerprint density at radius 3 is 2.50 bits per heavy atom. The van der Waals surface area contributed by atoms with Crippen LogP contribution in [0.3, 0.4) is 0 Å². The zero-order valence-corrected chi connectivity index (χ0v) is 16.6. The number of nitrogens with one attached hydrogen (secondary N) is 3. The summed E-state index contributed by atoms with van der Waals surface area (Å²) in [6, 6.07) is 7.49. The van der Waals surface area contributed by atoms with Gasteiger partial charge in [-0.05, 0) is 47.1 Å². The molecule has 12 nitrogen and oxygen atoms in total. The number of benzene rings is 2. The molecule has 0 fully saturated rings. The fourth-order valence-corrected chi connectivity index (χ4v) is 3.50. The highest BCUT2D eigenvalue weighted by atomic mass is 32.2. The molecule has 0 saturated heterocycles. The van der Waals surface area contributed by atoms with Gasteiger partial charge in [0.2, 0.25) is 5.52 Å². The van der Waals surface area contributed by atoms with Crippen molar-refractivity contribution in [1.82, 2.24) is 20.4 Å². The molecule has 0 saturated carbocycles. The number of rotatable bonds is 8. The van der Waals surface area contributed by atoms with Crippen LogP contribution in [0.4, 0.5) is 21.9 Å². The van der Waals surface area contributed by atoms with Gasteiger partial charge >= 0.3 is 11.7 Å². The van der Waals surface area contributed by atoms with E-state index in [-0.39, 0.29) is 21.6 Å². The number of sulfonamides is 1. The number of urea groups is 1. The first-order valence-electron chi connectivity index (χ1n) is 8.89. The van der Waals surface area contributed by atoms with Gasteiger partial charge in [-0.1, -0.05) is 13.3 Å². The number of nitro benzene ring substituents is 1. The summed E-state index contributed by atoms with van der Waals surface area (Å²) in [6.45, 7) is 2.33. The minimum Gasteiger partial charge on any atom is -0.354 e. The summed E-state index contributed by atoms with van der Waals surface area (Å²) in [5, 5.41) is 23.7. The number of unbranched alkanes of at least 4 members (excludes halogenated alkanes) is 1. The highest BCUT2D eigenvalue weighted by Crippen LogP contribution is 2.30. The van der Waals surface area contributed by atoms with Crippen molar-refractivity contribution < 1.29 is 22.8 Å². The average molecular weight is 434 g/mol. The van der Waals surface area contributed by atoms with Crippen LogP contribution in [0.25, 0.3) is 11.0 Å². The van der Waals surface area contributed by atoms with Crippen LogP contribution in [0.15, 0.2) is 45.9 Å². The number of non-ortho nitro benzene ring substituents is 1. The third-order valence-electron chi connectivity index (χ3n) is 4.08. The van der Waals surface area contributed by atoms with Crippen molar-refractivity contribution in [3.63, 3.8) is 0 Å². The maximum absolute atomic E-state index is 12.3. The Bertz CT molecular complexity index is 1180. The predicted molar refractivity (Wildman–Crippen MR) is 107 cm³/mol. The molecular formula is C17H18N6O6S. The van der Waals surface area contributed by atoms with Crippen LogP contribution in [0.2, 0.25) is 0 Å². The molecule has 13 heteroatoms. The molecule has 0 unspecified atom stereocenters. The second-order valence-electron chi connectivity index (χ2n) is 6.22. The van der Waals surface area contributed by atoms with Crippen LogP contribution in [0.1, 0.15) is 19.8 Å². The summed E-state index contributed by atoms with van der Waals surface area (Å²) in [7, 11) is -4.03. The quantitative estimate of drug-likeness (QED) is 0.274. The molecule has 30 heavy (non-hydrogen) atoms. The van der Waals surface area contributed by atoms with Crippen LogP contribution in [0, 0.1) is 10.1 Å². The van der Waals surface area contributed by atoms with Gasteiger partial charge < -0.3 is 10.6 Å². The number of carbonyl (C=O) groups is 1. The van der Waals surface area contributed by atoms with Gasteiger partial charge in [0.1, 0.15) is 0 Å². The Hall–Kier alpha value is -3.74. The number of fused-ring (bicyclic) bond motifs is 1. The van der Waals surface area contributed by atoms with Crippen molar-refractivity contribution in [2.24, 2.45) is 0 Å². The lowest BCUT2D eigenvalue weighted by Crippen LogP contribution is -2.39. The molecule has 0 bridgehead atoms. The van der Waals surface area contributed by atoms with Crippen molar-refractivity contribution in [3.05, 3.63) is 46.5 Å². The number of hydrogen-bond acceptors (Lipinski definition) is 9. The van der Waals surface area contributed by atoms with Crippen molar-refractivity contribution in [3.8, 4) is 0 Å². The molecule has 1 aromatic heterocycles. The van der Waals surface area contributed by atoms with Gasteiger partial charge in [-0.3, -0.25) is 10.1 Å². The lowest BCUT2D eigenvalue weighted by molar-refractivity contribution is -0.383. The van der Waals surface area contributed by atoms with Crippen LogP contribution >= 0.6 is 0 Å². The lowest BCUT2D eigenvalue weighted by atomic mass is 10.2. The molecular weight excluding hydrogens is 416 g/mol. The Morgan fingerprint density at radius 2 is 1.83 bits per heavy atom. The summed E-state index contributed by atoms with van der Waals surface area (Å²) in [6.07, 6.45) is 1.61. The maximum Gasteiger partial charge on any atom is 0.328 e. The normalized spacial score (nSPS) is 11.2. The molecule has 1 heterocycles. The summed E-state index contributed by atoms with van der Waals surface area (Å²) in [5.74, 6) is 0.